The van der Waals surface area contributed by atoms with Gasteiger partial charge in [-0.05, 0) is 31.0 Å². The van der Waals surface area contributed by atoms with Crippen LogP contribution in [0.5, 0.6) is 0 Å². The third kappa shape index (κ3) is 3.68. The van der Waals surface area contributed by atoms with Gasteiger partial charge in [0.2, 0.25) is 5.91 Å². The Bertz CT molecular complexity index is 623. The van der Waals surface area contributed by atoms with Crippen LogP contribution in [0, 0.1) is 0 Å². The van der Waals surface area contributed by atoms with E-state index in [2.05, 4.69) is 10.4 Å². The van der Waals surface area contributed by atoms with Crippen LogP contribution in [-0.2, 0) is 11.2 Å². The van der Waals surface area contributed by atoms with Crippen molar-refractivity contribution in [2.75, 3.05) is 6.54 Å². The Morgan fingerprint density at radius 3 is 2.76 bits per heavy atom. The summed E-state index contributed by atoms with van der Waals surface area (Å²) in [7, 11) is 0. The highest BCUT2D eigenvalue weighted by Crippen LogP contribution is 2.09. The fourth-order valence-electron chi connectivity index (χ4n) is 2.04. The minimum atomic E-state index is -0.957. The molecule has 2 rings (SSSR count). The van der Waals surface area contributed by atoms with E-state index in [1.54, 1.807) is 54.3 Å². The first-order chi connectivity index (χ1) is 10.1. The zero-order chi connectivity index (χ0) is 15.2. The molecule has 1 aromatic heterocycles. The molecule has 1 unspecified atom stereocenters. The van der Waals surface area contributed by atoms with E-state index in [-0.39, 0.29) is 11.5 Å². The van der Waals surface area contributed by atoms with Crippen molar-refractivity contribution in [2.24, 2.45) is 0 Å². The van der Waals surface area contributed by atoms with E-state index in [0.29, 0.717) is 18.5 Å². The van der Waals surface area contributed by atoms with Crippen molar-refractivity contribution in [3.8, 4) is 0 Å². The van der Waals surface area contributed by atoms with E-state index in [4.69, 9.17) is 5.11 Å². The van der Waals surface area contributed by atoms with Crippen molar-refractivity contribution >= 4 is 11.9 Å². The summed E-state index contributed by atoms with van der Waals surface area (Å²) in [4.78, 5) is 23.0. The van der Waals surface area contributed by atoms with E-state index in [0.717, 1.165) is 0 Å². The van der Waals surface area contributed by atoms with Crippen LogP contribution in [0.15, 0.2) is 42.7 Å². The molecule has 6 nitrogen and oxygen atoms in total. The number of aromatic carboxylic acids is 1. The van der Waals surface area contributed by atoms with Gasteiger partial charge in [-0.15, -0.1) is 0 Å². The van der Waals surface area contributed by atoms with Gasteiger partial charge in [-0.2, -0.15) is 5.10 Å². The molecule has 2 aromatic rings. The second-order valence-electron chi connectivity index (χ2n) is 4.67. The maximum Gasteiger partial charge on any atom is 0.335 e. The first kappa shape index (κ1) is 14.8. The van der Waals surface area contributed by atoms with E-state index >= 15 is 0 Å². The summed E-state index contributed by atoms with van der Waals surface area (Å²) in [5.41, 5.74) is 0.976. The van der Waals surface area contributed by atoms with Gasteiger partial charge in [0.1, 0.15) is 6.04 Å². The number of benzene rings is 1. The molecular formula is C15H17N3O3. The number of carbonyl (C=O) groups is 2. The van der Waals surface area contributed by atoms with Crippen molar-refractivity contribution < 1.29 is 14.7 Å². The molecule has 1 atom stereocenters. The average molecular weight is 287 g/mol. The Morgan fingerprint density at radius 1 is 1.33 bits per heavy atom. The predicted octanol–water partition coefficient (Wildman–Crippen LogP) is 1.50. The number of carboxylic acids is 1. The lowest BCUT2D eigenvalue weighted by molar-refractivity contribution is -0.124. The van der Waals surface area contributed by atoms with Crippen molar-refractivity contribution in [3.63, 3.8) is 0 Å². The van der Waals surface area contributed by atoms with Crippen LogP contribution >= 0.6 is 0 Å². The zero-order valence-corrected chi connectivity index (χ0v) is 11.7. The molecule has 21 heavy (non-hydrogen) atoms. The Labute approximate surface area is 122 Å². The average Bonchev–Trinajstić information content (AvgIpc) is 3.00. The monoisotopic (exact) mass is 287 g/mol. The Hall–Kier alpha value is -2.63. The van der Waals surface area contributed by atoms with Crippen molar-refractivity contribution in [1.29, 1.82) is 0 Å². The Morgan fingerprint density at radius 2 is 2.10 bits per heavy atom. The molecule has 1 heterocycles. The number of hydrogen-bond acceptors (Lipinski definition) is 3. The van der Waals surface area contributed by atoms with Gasteiger partial charge in [0.15, 0.2) is 0 Å². The van der Waals surface area contributed by atoms with Crippen molar-refractivity contribution in [3.05, 3.63) is 53.9 Å². The van der Waals surface area contributed by atoms with E-state index in [1.807, 2.05) is 0 Å². The van der Waals surface area contributed by atoms with Gasteiger partial charge in [-0.3, -0.25) is 9.48 Å². The smallest absolute Gasteiger partial charge is 0.335 e. The Balaban J connectivity index is 1.90. The van der Waals surface area contributed by atoms with Crippen LogP contribution in [0.3, 0.4) is 0 Å². The molecule has 0 spiro atoms. The van der Waals surface area contributed by atoms with Gasteiger partial charge in [-0.25, -0.2) is 4.79 Å². The zero-order valence-electron chi connectivity index (χ0n) is 11.7. The molecule has 1 aromatic carbocycles. The molecule has 0 aliphatic heterocycles. The molecule has 2 N–H and O–H groups in total. The third-order valence-corrected chi connectivity index (χ3v) is 3.24. The van der Waals surface area contributed by atoms with Gasteiger partial charge in [0.25, 0.3) is 0 Å². The SMILES string of the molecule is CC(C(=O)NCCc1ccccc1C(=O)O)n1cccn1. The molecule has 0 bridgehead atoms. The molecule has 1 amide bonds. The topological polar surface area (TPSA) is 84.2 Å². The largest absolute Gasteiger partial charge is 0.478 e. The molecule has 6 heteroatoms. The second kappa shape index (κ2) is 6.69. The van der Waals surface area contributed by atoms with Gasteiger partial charge >= 0.3 is 5.97 Å². The van der Waals surface area contributed by atoms with Crippen LogP contribution in [0.1, 0.15) is 28.9 Å². The highest BCUT2D eigenvalue weighted by molar-refractivity contribution is 5.89. The molecule has 0 aliphatic rings. The molecule has 110 valence electrons. The van der Waals surface area contributed by atoms with Crippen LogP contribution in [0.2, 0.25) is 0 Å². The molecular weight excluding hydrogens is 270 g/mol. The number of nitrogens with zero attached hydrogens (tertiary/aromatic N) is 2. The lowest BCUT2D eigenvalue weighted by atomic mass is 10.0. The summed E-state index contributed by atoms with van der Waals surface area (Å²) in [5, 5.41) is 15.9. The quantitative estimate of drug-likeness (QED) is 0.843. The van der Waals surface area contributed by atoms with Crippen LogP contribution < -0.4 is 5.32 Å². The number of carbonyl (C=O) groups excluding carboxylic acids is 1. The minimum absolute atomic E-state index is 0.147. The molecule has 0 fully saturated rings. The highest BCUT2D eigenvalue weighted by atomic mass is 16.4. The fourth-order valence-corrected chi connectivity index (χ4v) is 2.04. The van der Waals surface area contributed by atoms with Crippen molar-refractivity contribution in [2.45, 2.75) is 19.4 Å². The number of aromatic nitrogens is 2. The predicted molar refractivity (Wildman–Crippen MR) is 77.1 cm³/mol. The van der Waals surface area contributed by atoms with Gasteiger partial charge in [-0.1, -0.05) is 18.2 Å². The van der Waals surface area contributed by atoms with E-state index in [1.165, 1.54) is 0 Å². The molecule has 0 saturated heterocycles. The summed E-state index contributed by atoms with van der Waals surface area (Å²) in [6.45, 7) is 2.14. The van der Waals surface area contributed by atoms with Crippen molar-refractivity contribution in [1.82, 2.24) is 15.1 Å². The Kier molecular flexibility index (Phi) is 4.71. The summed E-state index contributed by atoms with van der Waals surface area (Å²) in [6.07, 6.45) is 3.82. The molecule has 0 aliphatic carbocycles. The van der Waals surface area contributed by atoms with Gasteiger partial charge < -0.3 is 10.4 Å². The maximum atomic E-state index is 12.0. The van der Waals surface area contributed by atoms with Crippen LogP contribution in [0.25, 0.3) is 0 Å². The lowest BCUT2D eigenvalue weighted by Gasteiger charge is -2.13. The maximum absolute atomic E-state index is 12.0. The van der Waals surface area contributed by atoms with E-state index in [9.17, 15) is 9.59 Å². The first-order valence-electron chi connectivity index (χ1n) is 6.67. The second-order valence-corrected chi connectivity index (χ2v) is 4.67. The minimum Gasteiger partial charge on any atom is -0.478 e. The third-order valence-electron chi connectivity index (χ3n) is 3.24. The summed E-state index contributed by atoms with van der Waals surface area (Å²) in [5.74, 6) is -1.10. The highest BCUT2D eigenvalue weighted by Gasteiger charge is 2.15. The summed E-state index contributed by atoms with van der Waals surface area (Å²) in [6, 6.07) is 8.15. The number of carboxylic acid groups (broad SMARTS) is 1. The van der Waals surface area contributed by atoms with Crippen LogP contribution in [-0.4, -0.2) is 33.3 Å². The number of hydrogen-bond donors (Lipinski definition) is 2. The number of rotatable bonds is 6. The van der Waals surface area contributed by atoms with E-state index < -0.39 is 12.0 Å². The number of amides is 1. The molecule has 0 radical (unpaired) electrons. The fraction of sp³-hybridized carbons (Fsp3) is 0.267. The van der Waals surface area contributed by atoms with Crippen LogP contribution in [0.4, 0.5) is 0 Å². The standard InChI is InChI=1S/C15H17N3O3/c1-11(18-10-4-8-17-18)14(19)16-9-7-12-5-2-3-6-13(12)15(20)21/h2-6,8,10-11H,7,9H2,1H3,(H,16,19)(H,20,21). The lowest BCUT2D eigenvalue weighted by Crippen LogP contribution is -2.32. The number of nitrogens with one attached hydrogen (secondary N) is 1. The normalized spacial score (nSPS) is 11.9. The molecule has 0 saturated carbocycles. The van der Waals surface area contributed by atoms with Gasteiger partial charge in [0.05, 0.1) is 5.56 Å². The summed E-state index contributed by atoms with van der Waals surface area (Å²) < 4.78 is 1.57. The summed E-state index contributed by atoms with van der Waals surface area (Å²) >= 11 is 0. The first-order valence-corrected chi connectivity index (χ1v) is 6.67. The van der Waals surface area contributed by atoms with Gasteiger partial charge in [0, 0.05) is 18.9 Å².